The molecule has 0 spiro atoms. The zero-order chi connectivity index (χ0) is 49.9. The second-order valence-corrected chi connectivity index (χ2v) is 23.8. The molecule has 0 aliphatic rings. The number of hydrogen-bond acceptors (Lipinski definition) is 6. The summed E-state index contributed by atoms with van der Waals surface area (Å²) in [5.74, 6) is -0.157. The van der Waals surface area contributed by atoms with Gasteiger partial charge in [-0.05, 0) is 12.8 Å². The molecule has 0 aliphatic heterocycles. The minimum Gasteiger partial charge on any atom is -0.756 e. The number of nitrogens with zero attached hydrogens (tertiary/aromatic N) is 1. The highest BCUT2D eigenvalue weighted by atomic mass is 31.2. The highest BCUT2D eigenvalue weighted by Gasteiger charge is 2.24. The second-order valence-electron chi connectivity index (χ2n) is 22.4. The van der Waals surface area contributed by atoms with Gasteiger partial charge in [0.15, 0.2) is 0 Å². The number of quaternary nitrogens is 1. The first kappa shape index (κ1) is 67.5. The maximum Gasteiger partial charge on any atom is 0.268 e. The maximum absolute atomic E-state index is 13.0. The fourth-order valence-electron chi connectivity index (χ4n) is 9.57. The fourth-order valence-corrected chi connectivity index (χ4v) is 10.3. The zero-order valence-corrected chi connectivity index (χ0v) is 47.5. The summed E-state index contributed by atoms with van der Waals surface area (Å²) in [6.45, 7) is 4.78. The van der Waals surface area contributed by atoms with Gasteiger partial charge in [0, 0.05) is 6.42 Å². The molecule has 9 heteroatoms. The fraction of sp³-hybridized carbons (Fsp3) is 0.983. The highest BCUT2D eigenvalue weighted by molar-refractivity contribution is 7.45. The third kappa shape index (κ3) is 53.3. The Bertz CT molecular complexity index is 1070. The molecule has 0 heterocycles. The summed E-state index contributed by atoms with van der Waals surface area (Å²) in [6, 6.07) is -0.795. The first-order valence-corrected chi connectivity index (χ1v) is 31.8. The highest BCUT2D eigenvalue weighted by Crippen LogP contribution is 2.38. The van der Waals surface area contributed by atoms with E-state index in [0.717, 1.165) is 38.5 Å². The number of phosphoric ester groups is 1. The largest absolute Gasteiger partial charge is 0.756 e. The molecule has 0 radical (unpaired) electrons. The molecule has 2 N–H and O–H groups in total. The summed E-state index contributed by atoms with van der Waals surface area (Å²) in [6.07, 6.45) is 61.5. The number of carbonyl (C=O) groups is 1. The number of hydrogen-bond donors (Lipinski definition) is 2. The third-order valence-corrected chi connectivity index (χ3v) is 15.3. The van der Waals surface area contributed by atoms with E-state index in [1.807, 2.05) is 21.1 Å². The number of nitrogens with one attached hydrogen (secondary N) is 1. The molecule has 68 heavy (non-hydrogen) atoms. The van der Waals surface area contributed by atoms with E-state index >= 15 is 0 Å². The quantitative estimate of drug-likeness (QED) is 0.0357. The second kappa shape index (κ2) is 51.4. The number of phosphoric acid groups is 1. The molecule has 0 fully saturated rings. The Morgan fingerprint density at radius 3 is 1.00 bits per heavy atom. The molecule has 0 saturated carbocycles. The number of aliphatic hydroxyl groups is 1. The molecular weight excluding hydrogens is 864 g/mol. The van der Waals surface area contributed by atoms with E-state index in [-0.39, 0.29) is 19.1 Å². The smallest absolute Gasteiger partial charge is 0.268 e. The van der Waals surface area contributed by atoms with Gasteiger partial charge in [-0.25, -0.2) is 0 Å². The van der Waals surface area contributed by atoms with Gasteiger partial charge in [0.2, 0.25) is 5.91 Å². The molecule has 8 nitrogen and oxygen atoms in total. The lowest BCUT2D eigenvalue weighted by Gasteiger charge is -2.30. The standard InChI is InChI=1S/C59H121N2O6P/c1-6-8-10-12-14-16-18-20-22-24-25-26-27-28-29-30-31-32-33-34-35-37-38-40-42-44-46-48-50-52-58(62)57(56-67-68(64,65)66-55-54-61(3,4)5)60-59(63)53-51-49-47-45-43-41-39-36-23-21-19-17-15-13-11-9-7-2/h57-58,62H,6-56H2,1-5H3,(H-,60,63,64,65). The molecule has 0 aliphatic carbocycles. The molecule has 3 atom stereocenters. The van der Waals surface area contributed by atoms with Crippen molar-refractivity contribution in [3.05, 3.63) is 0 Å². The summed E-state index contributed by atoms with van der Waals surface area (Å²) in [5, 5.41) is 14.0. The van der Waals surface area contributed by atoms with Crippen molar-refractivity contribution in [1.29, 1.82) is 0 Å². The van der Waals surface area contributed by atoms with Crippen LogP contribution in [0.3, 0.4) is 0 Å². The number of carbonyl (C=O) groups excluding carboxylic acids is 1. The Labute approximate surface area is 425 Å². The van der Waals surface area contributed by atoms with Crippen molar-refractivity contribution in [3.8, 4) is 0 Å². The average molecular weight is 986 g/mol. The summed E-state index contributed by atoms with van der Waals surface area (Å²) < 4.78 is 23.4. The molecule has 408 valence electrons. The van der Waals surface area contributed by atoms with Crippen molar-refractivity contribution < 1.29 is 32.9 Å². The number of aliphatic hydroxyl groups excluding tert-OH is 1. The van der Waals surface area contributed by atoms with Crippen molar-refractivity contribution in [2.45, 2.75) is 334 Å². The van der Waals surface area contributed by atoms with Gasteiger partial charge in [0.05, 0.1) is 39.9 Å². The average Bonchev–Trinajstić information content (AvgIpc) is 3.30. The molecule has 1 amide bonds. The lowest BCUT2D eigenvalue weighted by molar-refractivity contribution is -0.870. The van der Waals surface area contributed by atoms with E-state index in [4.69, 9.17) is 9.05 Å². The summed E-state index contributed by atoms with van der Waals surface area (Å²) in [4.78, 5) is 25.5. The summed E-state index contributed by atoms with van der Waals surface area (Å²) in [5.41, 5.74) is 0. The summed E-state index contributed by atoms with van der Waals surface area (Å²) in [7, 11) is 1.33. The first-order chi connectivity index (χ1) is 33.0. The van der Waals surface area contributed by atoms with Gasteiger partial charge < -0.3 is 28.8 Å². The van der Waals surface area contributed by atoms with Gasteiger partial charge in [0.1, 0.15) is 13.2 Å². The van der Waals surface area contributed by atoms with Gasteiger partial charge in [-0.2, -0.15) is 0 Å². The van der Waals surface area contributed by atoms with Crippen LogP contribution in [-0.2, 0) is 18.4 Å². The number of unbranched alkanes of at least 4 members (excludes halogenated alkanes) is 44. The number of likely N-dealkylation sites (N-methyl/N-ethyl adjacent to an activating group) is 1. The van der Waals surface area contributed by atoms with Gasteiger partial charge in [-0.1, -0.05) is 303 Å². The van der Waals surface area contributed by atoms with Crippen molar-refractivity contribution >= 4 is 13.7 Å². The predicted molar refractivity (Wildman–Crippen MR) is 293 cm³/mol. The third-order valence-electron chi connectivity index (χ3n) is 14.3. The van der Waals surface area contributed by atoms with Crippen LogP contribution in [0.15, 0.2) is 0 Å². The SMILES string of the molecule is CCCCCCCCCCCCCCCCCCCCCCCCCCCCCCCC(O)C(COP(=O)([O-])OCC[N+](C)(C)C)NC(=O)CCCCCCCCCCCCCCCCCCC. The van der Waals surface area contributed by atoms with E-state index in [2.05, 4.69) is 19.2 Å². The van der Waals surface area contributed by atoms with E-state index < -0.39 is 20.0 Å². The van der Waals surface area contributed by atoms with Crippen LogP contribution in [0, 0.1) is 0 Å². The van der Waals surface area contributed by atoms with Gasteiger partial charge in [-0.3, -0.25) is 9.36 Å². The Kier molecular flexibility index (Phi) is 51.0. The van der Waals surface area contributed by atoms with Crippen LogP contribution in [-0.4, -0.2) is 68.5 Å². The zero-order valence-electron chi connectivity index (χ0n) is 46.6. The topological polar surface area (TPSA) is 108 Å². The molecule has 3 unspecified atom stereocenters. The predicted octanol–water partition coefficient (Wildman–Crippen LogP) is 17.8. The van der Waals surface area contributed by atoms with E-state index in [0.29, 0.717) is 23.9 Å². The summed E-state index contributed by atoms with van der Waals surface area (Å²) >= 11 is 0. The first-order valence-electron chi connectivity index (χ1n) is 30.4. The van der Waals surface area contributed by atoms with Crippen LogP contribution in [0.1, 0.15) is 322 Å². The van der Waals surface area contributed by atoms with Crippen LogP contribution in [0.25, 0.3) is 0 Å². The Balaban J connectivity index is 4.04. The molecular formula is C59H121N2O6P. The Morgan fingerprint density at radius 1 is 0.456 bits per heavy atom. The molecule has 0 rings (SSSR count). The molecule has 0 bridgehead atoms. The van der Waals surface area contributed by atoms with E-state index in [1.54, 1.807) is 0 Å². The van der Waals surface area contributed by atoms with Crippen molar-refractivity contribution in [1.82, 2.24) is 5.32 Å². The number of amides is 1. The molecule has 0 aromatic heterocycles. The van der Waals surface area contributed by atoms with Crippen LogP contribution < -0.4 is 10.2 Å². The molecule has 0 aromatic rings. The number of rotatable bonds is 57. The van der Waals surface area contributed by atoms with Crippen LogP contribution >= 0.6 is 7.82 Å². The lowest BCUT2D eigenvalue weighted by atomic mass is 10.0. The minimum atomic E-state index is -4.57. The monoisotopic (exact) mass is 985 g/mol. The van der Waals surface area contributed by atoms with Gasteiger partial charge >= 0.3 is 0 Å². The van der Waals surface area contributed by atoms with E-state index in [1.165, 1.54) is 257 Å². The maximum atomic E-state index is 13.0. The normalized spacial score (nSPS) is 13.8. The Hall–Kier alpha value is -0.500. The minimum absolute atomic E-state index is 0.0167. The van der Waals surface area contributed by atoms with Gasteiger partial charge in [0.25, 0.3) is 7.82 Å². The van der Waals surface area contributed by atoms with Gasteiger partial charge in [-0.15, -0.1) is 0 Å². The molecule has 0 saturated heterocycles. The van der Waals surface area contributed by atoms with Crippen molar-refractivity contribution in [2.24, 2.45) is 0 Å². The van der Waals surface area contributed by atoms with Crippen molar-refractivity contribution in [3.63, 3.8) is 0 Å². The van der Waals surface area contributed by atoms with E-state index in [9.17, 15) is 19.4 Å². The Morgan fingerprint density at radius 2 is 0.721 bits per heavy atom. The van der Waals surface area contributed by atoms with Crippen LogP contribution in [0.4, 0.5) is 0 Å². The molecule has 0 aromatic carbocycles. The van der Waals surface area contributed by atoms with Crippen LogP contribution in [0.5, 0.6) is 0 Å². The van der Waals surface area contributed by atoms with Crippen LogP contribution in [0.2, 0.25) is 0 Å². The van der Waals surface area contributed by atoms with Crippen molar-refractivity contribution in [2.75, 3.05) is 40.9 Å². The lowest BCUT2D eigenvalue weighted by Crippen LogP contribution is -2.46.